The number of aliphatic carboxylic acids is 1. The number of halogens is 1. The fourth-order valence-electron chi connectivity index (χ4n) is 1.74. The van der Waals surface area contributed by atoms with Gasteiger partial charge in [-0.25, -0.2) is 14.2 Å². The molecule has 0 saturated heterocycles. The maximum Gasteiger partial charge on any atom is 0.328 e. The van der Waals surface area contributed by atoms with E-state index in [1.54, 1.807) is 16.7 Å². The Kier molecular flexibility index (Phi) is 2.91. The molecule has 4 nitrogen and oxygen atoms in total. The molecule has 1 aromatic heterocycles. The third-order valence-electron chi connectivity index (χ3n) is 2.45. The van der Waals surface area contributed by atoms with Crippen molar-refractivity contribution < 1.29 is 14.3 Å². The number of hydrogen-bond acceptors (Lipinski definition) is 2. The van der Waals surface area contributed by atoms with Crippen molar-refractivity contribution in [3.63, 3.8) is 0 Å². The minimum atomic E-state index is -1.06. The Morgan fingerprint density at radius 1 is 1.59 bits per heavy atom. The van der Waals surface area contributed by atoms with Gasteiger partial charge < -0.3 is 9.67 Å². The van der Waals surface area contributed by atoms with Crippen LogP contribution in [0, 0.1) is 5.82 Å². The SMILES string of the molecule is CCn1c(/C=C/C(=O)O)nc2c(F)cccc21. The molecule has 1 N–H and O–H groups in total. The summed E-state index contributed by atoms with van der Waals surface area (Å²) in [6.45, 7) is 2.49. The maximum absolute atomic E-state index is 13.5. The number of carboxylic acid groups (broad SMARTS) is 1. The number of aryl methyl sites for hydroxylation is 1. The number of nitrogens with zero attached hydrogens (tertiary/aromatic N) is 2. The van der Waals surface area contributed by atoms with Crippen molar-refractivity contribution in [3.8, 4) is 0 Å². The molecule has 0 bridgehead atoms. The summed E-state index contributed by atoms with van der Waals surface area (Å²) in [4.78, 5) is 14.5. The highest BCUT2D eigenvalue weighted by Gasteiger charge is 2.10. The van der Waals surface area contributed by atoms with Crippen LogP contribution < -0.4 is 0 Å². The van der Waals surface area contributed by atoms with Gasteiger partial charge in [-0.1, -0.05) is 6.07 Å². The smallest absolute Gasteiger partial charge is 0.328 e. The van der Waals surface area contributed by atoms with Crippen LogP contribution in [0.5, 0.6) is 0 Å². The highest BCUT2D eigenvalue weighted by atomic mass is 19.1. The second kappa shape index (κ2) is 4.37. The minimum absolute atomic E-state index is 0.263. The van der Waals surface area contributed by atoms with Crippen LogP contribution in [-0.2, 0) is 11.3 Å². The van der Waals surface area contributed by atoms with Crippen molar-refractivity contribution in [2.45, 2.75) is 13.5 Å². The van der Waals surface area contributed by atoms with Gasteiger partial charge in [-0.3, -0.25) is 0 Å². The summed E-state index contributed by atoms with van der Waals surface area (Å²) in [6, 6.07) is 4.70. The van der Waals surface area contributed by atoms with Crippen molar-refractivity contribution in [1.82, 2.24) is 9.55 Å². The molecule has 5 heteroatoms. The third kappa shape index (κ3) is 2.04. The molecule has 0 amide bonds. The zero-order valence-electron chi connectivity index (χ0n) is 9.22. The molecule has 0 saturated carbocycles. The number of rotatable bonds is 3. The molecular weight excluding hydrogens is 223 g/mol. The molecule has 2 aromatic rings. The number of para-hydroxylation sites is 1. The van der Waals surface area contributed by atoms with Crippen LogP contribution in [0.1, 0.15) is 12.7 Å². The molecule has 2 rings (SSSR count). The van der Waals surface area contributed by atoms with E-state index in [1.165, 1.54) is 12.1 Å². The van der Waals surface area contributed by atoms with Gasteiger partial charge in [0.2, 0.25) is 0 Å². The molecule has 1 aromatic carbocycles. The Bertz CT molecular complexity index is 602. The number of aromatic nitrogens is 2. The summed E-state index contributed by atoms with van der Waals surface area (Å²) in [7, 11) is 0. The Morgan fingerprint density at radius 3 is 3.00 bits per heavy atom. The van der Waals surface area contributed by atoms with Crippen LogP contribution in [0.2, 0.25) is 0 Å². The monoisotopic (exact) mass is 234 g/mol. The number of carboxylic acids is 1. The van der Waals surface area contributed by atoms with Crippen molar-refractivity contribution in [1.29, 1.82) is 0 Å². The maximum atomic E-state index is 13.5. The lowest BCUT2D eigenvalue weighted by Crippen LogP contribution is -1.97. The van der Waals surface area contributed by atoms with E-state index in [4.69, 9.17) is 5.11 Å². The van der Waals surface area contributed by atoms with Gasteiger partial charge in [-0.2, -0.15) is 0 Å². The van der Waals surface area contributed by atoms with Gasteiger partial charge in [0, 0.05) is 12.6 Å². The minimum Gasteiger partial charge on any atom is -0.478 e. The first-order valence-corrected chi connectivity index (χ1v) is 5.19. The summed E-state index contributed by atoms with van der Waals surface area (Å²) in [5, 5.41) is 8.57. The highest BCUT2D eigenvalue weighted by molar-refractivity contribution is 5.86. The molecule has 17 heavy (non-hydrogen) atoms. The van der Waals surface area contributed by atoms with Crippen LogP contribution in [0.3, 0.4) is 0 Å². The van der Waals surface area contributed by atoms with Crippen molar-refractivity contribution in [3.05, 3.63) is 35.9 Å². The average Bonchev–Trinajstić information content (AvgIpc) is 2.65. The van der Waals surface area contributed by atoms with Crippen LogP contribution in [0.15, 0.2) is 24.3 Å². The lowest BCUT2D eigenvalue weighted by molar-refractivity contribution is -0.131. The third-order valence-corrected chi connectivity index (χ3v) is 2.45. The number of hydrogen-bond donors (Lipinski definition) is 1. The Hall–Kier alpha value is -2.17. The molecule has 0 spiro atoms. The molecular formula is C12H11FN2O2. The second-order valence-electron chi connectivity index (χ2n) is 3.49. The van der Waals surface area contributed by atoms with Gasteiger partial charge >= 0.3 is 5.97 Å². The fourth-order valence-corrected chi connectivity index (χ4v) is 1.74. The number of benzene rings is 1. The number of carbonyl (C=O) groups is 1. The zero-order chi connectivity index (χ0) is 12.4. The van der Waals surface area contributed by atoms with E-state index < -0.39 is 11.8 Å². The van der Waals surface area contributed by atoms with Gasteiger partial charge in [0.25, 0.3) is 0 Å². The summed E-state index contributed by atoms with van der Waals surface area (Å²) < 4.78 is 15.3. The Labute approximate surface area is 97.0 Å². The number of fused-ring (bicyclic) bond motifs is 1. The van der Waals surface area contributed by atoms with Gasteiger partial charge in [-0.15, -0.1) is 0 Å². The lowest BCUT2D eigenvalue weighted by Gasteiger charge is -2.01. The van der Waals surface area contributed by atoms with Gasteiger partial charge in [0.1, 0.15) is 11.3 Å². The van der Waals surface area contributed by atoms with Crippen molar-refractivity contribution in [2.24, 2.45) is 0 Å². The van der Waals surface area contributed by atoms with Crippen LogP contribution in [0.25, 0.3) is 17.1 Å². The predicted octanol–water partition coefficient (Wildman–Crippen LogP) is 2.29. The van der Waals surface area contributed by atoms with E-state index in [-0.39, 0.29) is 5.52 Å². The van der Waals surface area contributed by atoms with Gasteiger partial charge in [-0.05, 0) is 25.1 Å². The molecule has 0 unspecified atom stereocenters. The fraction of sp³-hybridized carbons (Fsp3) is 0.167. The van der Waals surface area contributed by atoms with Crippen molar-refractivity contribution in [2.75, 3.05) is 0 Å². The molecule has 88 valence electrons. The summed E-state index contributed by atoms with van der Waals surface area (Å²) >= 11 is 0. The Morgan fingerprint density at radius 2 is 2.35 bits per heavy atom. The zero-order valence-corrected chi connectivity index (χ0v) is 9.22. The van der Waals surface area contributed by atoms with Gasteiger partial charge in [0.15, 0.2) is 5.82 Å². The molecule has 0 aliphatic heterocycles. The molecule has 1 heterocycles. The lowest BCUT2D eigenvalue weighted by atomic mass is 10.3. The molecule has 0 fully saturated rings. The van der Waals surface area contributed by atoms with E-state index in [9.17, 15) is 9.18 Å². The summed E-state index contributed by atoms with van der Waals surface area (Å²) in [5.41, 5.74) is 0.928. The van der Waals surface area contributed by atoms with Crippen molar-refractivity contribution >= 4 is 23.1 Å². The topological polar surface area (TPSA) is 55.1 Å². The number of imidazole rings is 1. The Balaban J connectivity index is 2.63. The summed E-state index contributed by atoms with van der Waals surface area (Å²) in [6.07, 6.45) is 2.36. The van der Waals surface area contributed by atoms with E-state index >= 15 is 0 Å². The van der Waals surface area contributed by atoms with E-state index in [0.29, 0.717) is 17.9 Å². The first-order chi connectivity index (χ1) is 8.13. The molecule has 0 aliphatic carbocycles. The molecule has 0 radical (unpaired) electrons. The largest absolute Gasteiger partial charge is 0.478 e. The normalized spacial score (nSPS) is 11.4. The first kappa shape index (κ1) is 11.3. The summed E-state index contributed by atoms with van der Waals surface area (Å²) in [5.74, 6) is -1.02. The molecule has 0 atom stereocenters. The van der Waals surface area contributed by atoms with Gasteiger partial charge in [0.05, 0.1) is 5.52 Å². The van der Waals surface area contributed by atoms with Crippen LogP contribution >= 0.6 is 0 Å². The molecule has 0 aliphatic rings. The quantitative estimate of drug-likeness (QED) is 0.829. The predicted molar refractivity (Wildman–Crippen MR) is 62.0 cm³/mol. The second-order valence-corrected chi connectivity index (χ2v) is 3.49. The highest BCUT2D eigenvalue weighted by Crippen LogP contribution is 2.19. The standard InChI is InChI=1S/C12H11FN2O2/c1-2-15-9-5-3-4-8(13)12(9)14-10(15)6-7-11(16)17/h3-7H,2H2,1H3,(H,16,17)/b7-6+. The average molecular weight is 234 g/mol. The van der Waals surface area contributed by atoms with Crippen LogP contribution in [-0.4, -0.2) is 20.6 Å². The first-order valence-electron chi connectivity index (χ1n) is 5.19. The van der Waals surface area contributed by atoms with E-state index in [1.807, 2.05) is 6.92 Å². The van der Waals surface area contributed by atoms with E-state index in [2.05, 4.69) is 4.98 Å². The van der Waals surface area contributed by atoms with Crippen LogP contribution in [0.4, 0.5) is 4.39 Å². The van der Waals surface area contributed by atoms with E-state index in [0.717, 1.165) is 6.08 Å².